The first-order valence-corrected chi connectivity index (χ1v) is 6.86. The van der Waals surface area contributed by atoms with Gasteiger partial charge in [0.1, 0.15) is 0 Å². The van der Waals surface area contributed by atoms with Crippen LogP contribution in [0.5, 0.6) is 0 Å². The summed E-state index contributed by atoms with van der Waals surface area (Å²) in [6.07, 6.45) is 1.63. The zero-order valence-corrected chi connectivity index (χ0v) is 11.7. The predicted molar refractivity (Wildman–Crippen MR) is 72.3 cm³/mol. The largest absolute Gasteiger partial charge is 0.384 e. The normalized spacial score (nSPS) is 18.9. The fourth-order valence-corrected chi connectivity index (χ4v) is 2.31. The van der Waals surface area contributed by atoms with Crippen LogP contribution < -0.4 is 5.73 Å². The minimum Gasteiger partial charge on any atom is -0.384 e. The van der Waals surface area contributed by atoms with Crippen LogP contribution in [0.4, 0.5) is 0 Å². The van der Waals surface area contributed by atoms with E-state index in [4.69, 9.17) is 10.5 Å². The molecule has 0 bridgehead atoms. The molecular formula is C13H27N3O2. The molecule has 1 aliphatic rings. The van der Waals surface area contributed by atoms with E-state index in [1.807, 2.05) is 4.90 Å². The van der Waals surface area contributed by atoms with Gasteiger partial charge in [0.05, 0.1) is 0 Å². The second-order valence-corrected chi connectivity index (χ2v) is 5.13. The first-order chi connectivity index (χ1) is 8.67. The molecule has 0 aromatic carbocycles. The monoisotopic (exact) mass is 257 g/mol. The molecule has 5 heteroatoms. The van der Waals surface area contributed by atoms with Crippen LogP contribution in [0.3, 0.4) is 0 Å². The highest BCUT2D eigenvalue weighted by Gasteiger charge is 2.21. The third-order valence-electron chi connectivity index (χ3n) is 3.38. The van der Waals surface area contributed by atoms with Crippen molar-refractivity contribution >= 4 is 5.91 Å². The van der Waals surface area contributed by atoms with Gasteiger partial charge in [0.15, 0.2) is 0 Å². The Labute approximate surface area is 110 Å². The zero-order chi connectivity index (χ0) is 13.4. The Morgan fingerprint density at radius 2 is 2.00 bits per heavy atom. The number of rotatable bonds is 7. The molecule has 1 saturated heterocycles. The van der Waals surface area contributed by atoms with Crippen molar-refractivity contribution in [2.24, 2.45) is 11.7 Å². The van der Waals surface area contributed by atoms with Gasteiger partial charge in [-0.1, -0.05) is 6.92 Å². The number of nitrogens with two attached hydrogens (primary N) is 1. The maximum Gasteiger partial charge on any atom is 0.223 e. The molecule has 1 fully saturated rings. The lowest BCUT2D eigenvalue weighted by atomic mass is 10.1. The van der Waals surface area contributed by atoms with E-state index in [-0.39, 0.29) is 5.91 Å². The van der Waals surface area contributed by atoms with Crippen molar-refractivity contribution in [1.29, 1.82) is 0 Å². The number of piperazine rings is 1. The average Bonchev–Trinajstić information content (AvgIpc) is 2.37. The highest BCUT2D eigenvalue weighted by atomic mass is 16.5. The van der Waals surface area contributed by atoms with Crippen LogP contribution in [0.1, 0.15) is 19.8 Å². The van der Waals surface area contributed by atoms with Gasteiger partial charge in [0, 0.05) is 46.3 Å². The lowest BCUT2D eigenvalue weighted by molar-refractivity contribution is -0.134. The molecule has 1 amide bonds. The van der Waals surface area contributed by atoms with Gasteiger partial charge in [-0.3, -0.25) is 9.69 Å². The van der Waals surface area contributed by atoms with Gasteiger partial charge >= 0.3 is 0 Å². The maximum absolute atomic E-state index is 12.0. The van der Waals surface area contributed by atoms with Gasteiger partial charge in [0.25, 0.3) is 0 Å². The SMILES string of the molecule is COCC(C)CC(=O)N1CCN(CCCN)CC1. The Kier molecular flexibility index (Phi) is 7.23. The van der Waals surface area contributed by atoms with E-state index in [0.29, 0.717) is 18.9 Å². The number of hydrogen-bond donors (Lipinski definition) is 1. The standard InChI is InChI=1S/C13H27N3O2/c1-12(11-18-2)10-13(17)16-8-6-15(7-9-16)5-3-4-14/h12H,3-11,14H2,1-2H3. The van der Waals surface area contributed by atoms with Crippen LogP contribution >= 0.6 is 0 Å². The Balaban J connectivity index is 2.23. The summed E-state index contributed by atoms with van der Waals surface area (Å²) in [5.74, 6) is 0.566. The minimum absolute atomic E-state index is 0.262. The van der Waals surface area contributed by atoms with E-state index in [0.717, 1.165) is 45.7 Å². The summed E-state index contributed by atoms with van der Waals surface area (Å²) < 4.78 is 5.06. The Bertz CT molecular complexity index is 240. The van der Waals surface area contributed by atoms with E-state index in [9.17, 15) is 4.79 Å². The van der Waals surface area contributed by atoms with Crippen LogP contribution in [0.2, 0.25) is 0 Å². The molecule has 0 aromatic heterocycles. The number of nitrogens with zero attached hydrogens (tertiary/aromatic N) is 2. The summed E-state index contributed by atoms with van der Waals surface area (Å²) in [5, 5.41) is 0. The van der Waals surface area contributed by atoms with Gasteiger partial charge in [-0.15, -0.1) is 0 Å². The van der Waals surface area contributed by atoms with Crippen molar-refractivity contribution < 1.29 is 9.53 Å². The van der Waals surface area contributed by atoms with Crippen molar-refractivity contribution in [2.75, 3.05) is 53.0 Å². The highest BCUT2D eigenvalue weighted by Crippen LogP contribution is 2.09. The first-order valence-electron chi connectivity index (χ1n) is 6.86. The maximum atomic E-state index is 12.0. The molecule has 2 N–H and O–H groups in total. The number of amides is 1. The fourth-order valence-electron chi connectivity index (χ4n) is 2.31. The predicted octanol–water partition coefficient (Wildman–Crippen LogP) is 0.152. The van der Waals surface area contributed by atoms with Crippen LogP contribution in [0.15, 0.2) is 0 Å². The van der Waals surface area contributed by atoms with E-state index in [1.165, 1.54) is 0 Å². The van der Waals surface area contributed by atoms with Crippen LogP contribution in [-0.4, -0.2) is 68.7 Å². The van der Waals surface area contributed by atoms with Gasteiger partial charge < -0.3 is 15.4 Å². The number of ether oxygens (including phenoxy) is 1. The molecule has 0 aromatic rings. The van der Waals surface area contributed by atoms with E-state index < -0.39 is 0 Å². The molecular weight excluding hydrogens is 230 g/mol. The molecule has 1 aliphatic heterocycles. The van der Waals surface area contributed by atoms with Crippen molar-refractivity contribution in [3.8, 4) is 0 Å². The highest BCUT2D eigenvalue weighted by molar-refractivity contribution is 5.76. The van der Waals surface area contributed by atoms with Crippen LogP contribution in [0.25, 0.3) is 0 Å². The molecule has 1 unspecified atom stereocenters. The molecule has 1 rings (SSSR count). The van der Waals surface area contributed by atoms with Gasteiger partial charge in [-0.25, -0.2) is 0 Å². The van der Waals surface area contributed by atoms with Gasteiger partial charge in [0.2, 0.25) is 5.91 Å². The van der Waals surface area contributed by atoms with Crippen molar-refractivity contribution in [2.45, 2.75) is 19.8 Å². The molecule has 0 radical (unpaired) electrons. The van der Waals surface area contributed by atoms with E-state index in [2.05, 4.69) is 11.8 Å². The van der Waals surface area contributed by atoms with Crippen molar-refractivity contribution in [3.63, 3.8) is 0 Å². The van der Waals surface area contributed by atoms with Crippen LogP contribution in [-0.2, 0) is 9.53 Å². The van der Waals surface area contributed by atoms with Crippen molar-refractivity contribution in [3.05, 3.63) is 0 Å². The van der Waals surface area contributed by atoms with Gasteiger partial charge in [-0.2, -0.15) is 0 Å². The summed E-state index contributed by atoms with van der Waals surface area (Å²) in [4.78, 5) is 16.4. The van der Waals surface area contributed by atoms with Crippen LogP contribution in [0, 0.1) is 5.92 Å². The molecule has 0 aliphatic carbocycles. The summed E-state index contributed by atoms with van der Waals surface area (Å²) >= 11 is 0. The van der Waals surface area contributed by atoms with Gasteiger partial charge in [-0.05, 0) is 25.4 Å². The summed E-state index contributed by atoms with van der Waals surface area (Å²) in [6.45, 7) is 8.16. The number of methoxy groups -OCH3 is 1. The first kappa shape index (κ1) is 15.4. The number of carbonyl (C=O) groups is 1. The number of hydrogen-bond acceptors (Lipinski definition) is 4. The Morgan fingerprint density at radius 1 is 1.33 bits per heavy atom. The Hall–Kier alpha value is -0.650. The summed E-state index contributed by atoms with van der Waals surface area (Å²) in [7, 11) is 1.68. The molecule has 18 heavy (non-hydrogen) atoms. The molecule has 0 spiro atoms. The fraction of sp³-hybridized carbons (Fsp3) is 0.923. The quantitative estimate of drug-likeness (QED) is 0.705. The molecule has 106 valence electrons. The third kappa shape index (κ3) is 5.33. The Morgan fingerprint density at radius 3 is 2.56 bits per heavy atom. The lowest BCUT2D eigenvalue weighted by Crippen LogP contribution is -2.49. The third-order valence-corrected chi connectivity index (χ3v) is 3.38. The topological polar surface area (TPSA) is 58.8 Å². The van der Waals surface area contributed by atoms with Crippen molar-refractivity contribution in [1.82, 2.24) is 9.80 Å². The smallest absolute Gasteiger partial charge is 0.223 e. The second kappa shape index (κ2) is 8.45. The molecule has 5 nitrogen and oxygen atoms in total. The summed E-state index contributed by atoms with van der Waals surface area (Å²) in [6, 6.07) is 0. The molecule has 1 heterocycles. The lowest BCUT2D eigenvalue weighted by Gasteiger charge is -2.35. The second-order valence-electron chi connectivity index (χ2n) is 5.13. The summed E-state index contributed by atoms with van der Waals surface area (Å²) in [5.41, 5.74) is 5.50. The number of carbonyl (C=O) groups excluding carboxylic acids is 1. The average molecular weight is 257 g/mol. The molecule has 0 saturated carbocycles. The molecule has 1 atom stereocenters. The van der Waals surface area contributed by atoms with E-state index >= 15 is 0 Å². The van der Waals surface area contributed by atoms with E-state index in [1.54, 1.807) is 7.11 Å². The zero-order valence-electron chi connectivity index (χ0n) is 11.7. The minimum atomic E-state index is 0.262.